The van der Waals surface area contributed by atoms with Gasteiger partial charge in [0, 0.05) is 42.2 Å². The SMILES string of the molecule is CCOC(=O)C(=CNC1CC(OC2CC(O)(C(C)=O)Cc3c(O)c4c(c(O)c32)C(=O)c2c(OC)cccc2C4=O)OC(C)C1O)C(=O)OCC. The largest absolute Gasteiger partial charge is 0.507 e. The number of carbonyl (C=O) groups is 5. The Bertz CT molecular complexity index is 1760. The molecule has 0 aromatic heterocycles. The Kier molecular flexibility index (Phi) is 10.3. The van der Waals surface area contributed by atoms with E-state index in [1.807, 2.05) is 0 Å². The zero-order chi connectivity index (χ0) is 36.7. The maximum atomic E-state index is 13.9. The maximum Gasteiger partial charge on any atom is 0.347 e. The van der Waals surface area contributed by atoms with E-state index in [1.165, 1.54) is 32.2 Å². The molecule has 0 spiro atoms. The highest BCUT2D eigenvalue weighted by molar-refractivity contribution is 6.31. The van der Waals surface area contributed by atoms with E-state index >= 15 is 0 Å². The smallest absolute Gasteiger partial charge is 0.347 e. The van der Waals surface area contributed by atoms with Crippen LogP contribution in [0.15, 0.2) is 30.0 Å². The summed E-state index contributed by atoms with van der Waals surface area (Å²) in [5, 5.41) is 48.5. The number of rotatable bonds is 10. The number of fused-ring (bicyclic) bond motifs is 3. The van der Waals surface area contributed by atoms with Gasteiger partial charge in [0.05, 0.1) is 55.3 Å². The number of methoxy groups -OCH3 is 1. The van der Waals surface area contributed by atoms with Crippen LogP contribution >= 0.6 is 0 Å². The summed E-state index contributed by atoms with van der Waals surface area (Å²) >= 11 is 0. The third-order valence-corrected chi connectivity index (χ3v) is 9.19. The van der Waals surface area contributed by atoms with E-state index in [2.05, 4.69) is 5.32 Å². The summed E-state index contributed by atoms with van der Waals surface area (Å²) in [4.78, 5) is 65.2. The van der Waals surface area contributed by atoms with Gasteiger partial charge in [0.1, 0.15) is 29.0 Å². The van der Waals surface area contributed by atoms with Gasteiger partial charge in [0.25, 0.3) is 0 Å². The van der Waals surface area contributed by atoms with Gasteiger partial charge in [-0.1, -0.05) is 12.1 Å². The van der Waals surface area contributed by atoms with Crippen LogP contribution < -0.4 is 10.1 Å². The summed E-state index contributed by atoms with van der Waals surface area (Å²) in [5.41, 5.74) is -4.02. The predicted octanol–water partition coefficient (Wildman–Crippen LogP) is 1.67. The summed E-state index contributed by atoms with van der Waals surface area (Å²) in [7, 11) is 1.31. The van der Waals surface area contributed by atoms with Gasteiger partial charge in [-0.15, -0.1) is 0 Å². The van der Waals surface area contributed by atoms with Crippen molar-refractivity contribution < 1.29 is 68.1 Å². The number of hydrogen-bond donors (Lipinski definition) is 5. The van der Waals surface area contributed by atoms with Crippen LogP contribution in [0, 0.1) is 0 Å². The Balaban J connectivity index is 1.54. The number of hydrogen-bond acceptors (Lipinski definition) is 15. The van der Waals surface area contributed by atoms with Gasteiger partial charge in [-0.3, -0.25) is 14.4 Å². The highest BCUT2D eigenvalue weighted by atomic mass is 16.7. The van der Waals surface area contributed by atoms with E-state index in [9.17, 15) is 44.4 Å². The molecular weight excluding hydrogens is 658 g/mol. The zero-order valence-corrected chi connectivity index (χ0v) is 28.1. The van der Waals surface area contributed by atoms with E-state index in [1.54, 1.807) is 13.8 Å². The number of phenolic OH excluding ortho intramolecular Hbond substituents is 2. The molecule has 0 radical (unpaired) electrons. The topological polar surface area (TPSA) is 224 Å². The third-order valence-electron chi connectivity index (χ3n) is 9.19. The van der Waals surface area contributed by atoms with Crippen LogP contribution in [0.3, 0.4) is 0 Å². The Morgan fingerprint density at radius 1 is 1.02 bits per heavy atom. The average Bonchev–Trinajstić information content (AvgIpc) is 3.06. The van der Waals surface area contributed by atoms with E-state index in [4.69, 9.17) is 23.7 Å². The molecule has 0 amide bonds. The van der Waals surface area contributed by atoms with Crippen molar-refractivity contribution in [2.45, 2.75) is 83.2 Å². The molecule has 268 valence electrons. The molecule has 1 aliphatic heterocycles. The normalized spacial score (nSPS) is 25.4. The van der Waals surface area contributed by atoms with Crippen molar-refractivity contribution in [1.82, 2.24) is 5.32 Å². The zero-order valence-electron chi connectivity index (χ0n) is 28.1. The van der Waals surface area contributed by atoms with Gasteiger partial charge in [-0.05, 0) is 33.8 Å². The van der Waals surface area contributed by atoms with Crippen LogP contribution in [0.25, 0.3) is 0 Å². The Morgan fingerprint density at radius 3 is 2.26 bits per heavy atom. The molecule has 3 aliphatic rings. The van der Waals surface area contributed by atoms with Crippen molar-refractivity contribution in [1.29, 1.82) is 0 Å². The molecule has 15 nitrogen and oxygen atoms in total. The van der Waals surface area contributed by atoms with Gasteiger partial charge in [0.15, 0.2) is 23.4 Å². The molecule has 2 aromatic rings. The molecule has 2 aromatic carbocycles. The van der Waals surface area contributed by atoms with Gasteiger partial charge in [0.2, 0.25) is 5.78 Å². The molecule has 6 unspecified atom stereocenters. The highest BCUT2D eigenvalue weighted by Crippen LogP contribution is 2.52. The second-order valence-corrected chi connectivity index (χ2v) is 12.2. The molecule has 0 bridgehead atoms. The summed E-state index contributed by atoms with van der Waals surface area (Å²) in [5.74, 6) is -5.46. The Morgan fingerprint density at radius 2 is 1.66 bits per heavy atom. The van der Waals surface area contributed by atoms with Gasteiger partial charge >= 0.3 is 11.9 Å². The number of aliphatic hydroxyl groups excluding tert-OH is 1. The predicted molar refractivity (Wildman–Crippen MR) is 171 cm³/mol. The van der Waals surface area contributed by atoms with Crippen molar-refractivity contribution in [2.75, 3.05) is 20.3 Å². The van der Waals surface area contributed by atoms with E-state index in [-0.39, 0.29) is 47.6 Å². The lowest BCUT2D eigenvalue weighted by Gasteiger charge is -2.42. The Labute approximate surface area is 286 Å². The first-order valence-electron chi connectivity index (χ1n) is 16.1. The summed E-state index contributed by atoms with van der Waals surface area (Å²) in [6.45, 7) is 5.78. The number of ether oxygens (including phenoxy) is 5. The van der Waals surface area contributed by atoms with Crippen LogP contribution in [0.1, 0.15) is 89.6 Å². The quantitative estimate of drug-likeness (QED) is 0.0668. The monoisotopic (exact) mass is 697 g/mol. The fourth-order valence-corrected chi connectivity index (χ4v) is 6.60. The molecule has 5 N–H and O–H groups in total. The number of benzene rings is 2. The van der Waals surface area contributed by atoms with Crippen molar-refractivity contribution in [3.63, 3.8) is 0 Å². The van der Waals surface area contributed by atoms with Crippen LogP contribution in [0.2, 0.25) is 0 Å². The minimum atomic E-state index is -2.12. The van der Waals surface area contributed by atoms with E-state index < -0.39 is 107 Å². The number of aromatic hydroxyl groups is 2. The molecule has 2 aliphatic carbocycles. The molecule has 1 fully saturated rings. The second kappa shape index (κ2) is 14.2. The molecular formula is C35H39NO14. The fourth-order valence-electron chi connectivity index (χ4n) is 6.60. The van der Waals surface area contributed by atoms with E-state index in [0.29, 0.717) is 0 Å². The lowest BCUT2D eigenvalue weighted by atomic mass is 9.72. The van der Waals surface area contributed by atoms with Crippen molar-refractivity contribution in [2.24, 2.45) is 0 Å². The van der Waals surface area contributed by atoms with E-state index in [0.717, 1.165) is 13.1 Å². The molecule has 50 heavy (non-hydrogen) atoms. The highest BCUT2D eigenvalue weighted by Gasteiger charge is 2.49. The minimum Gasteiger partial charge on any atom is -0.507 e. The van der Waals surface area contributed by atoms with Crippen LogP contribution in [-0.2, 0) is 39.8 Å². The molecule has 1 heterocycles. The number of ketones is 3. The molecule has 5 rings (SSSR count). The first-order chi connectivity index (χ1) is 23.7. The van der Waals surface area contributed by atoms with Crippen molar-refractivity contribution in [3.05, 3.63) is 63.4 Å². The number of aliphatic hydroxyl groups is 2. The number of esters is 2. The third kappa shape index (κ3) is 6.33. The second-order valence-electron chi connectivity index (χ2n) is 12.2. The molecule has 0 saturated carbocycles. The lowest BCUT2D eigenvalue weighted by Crippen LogP contribution is -2.53. The molecule has 1 saturated heterocycles. The molecule has 15 heteroatoms. The minimum absolute atomic E-state index is 0.0106. The van der Waals surface area contributed by atoms with Gasteiger partial charge in [-0.25, -0.2) is 9.59 Å². The average molecular weight is 698 g/mol. The van der Waals surface area contributed by atoms with Crippen LogP contribution in [0.4, 0.5) is 0 Å². The van der Waals surface area contributed by atoms with Gasteiger partial charge < -0.3 is 49.4 Å². The summed E-state index contributed by atoms with van der Waals surface area (Å²) in [6, 6.07) is 3.45. The number of carbonyl (C=O) groups excluding carboxylic acids is 5. The van der Waals surface area contributed by atoms with Crippen molar-refractivity contribution >= 4 is 29.3 Å². The summed E-state index contributed by atoms with van der Waals surface area (Å²) < 4.78 is 27.4. The number of nitrogens with one attached hydrogen (secondary N) is 1. The first kappa shape index (κ1) is 36.5. The fraction of sp³-hybridized carbons (Fsp3) is 0.457. The van der Waals surface area contributed by atoms with Crippen LogP contribution in [-0.4, -0.2) is 100 Å². The van der Waals surface area contributed by atoms with Gasteiger partial charge in [-0.2, -0.15) is 0 Å². The van der Waals surface area contributed by atoms with Crippen LogP contribution in [0.5, 0.6) is 17.2 Å². The Hall–Kier alpha value is -4.83. The number of phenols is 2. The number of Topliss-reactive ketones (excluding diaryl/α,β-unsaturated/α-hetero) is 1. The molecule has 6 atom stereocenters. The van der Waals surface area contributed by atoms with Crippen molar-refractivity contribution in [3.8, 4) is 17.2 Å². The summed E-state index contributed by atoms with van der Waals surface area (Å²) in [6.07, 6.45) is -4.70. The maximum absolute atomic E-state index is 13.9. The lowest BCUT2D eigenvalue weighted by molar-refractivity contribution is -0.249. The first-order valence-corrected chi connectivity index (χ1v) is 16.1. The standard InChI is InChI=1S/C35H39NO14/c1-6-47-33(43)19(34(44)48-7-2)14-36-20-11-23(49-15(3)28(20)38)50-22-13-35(45,16(4)37)12-18-25(22)32(42)27-26(30(18)40)29(39)17-9-8-10-21(46-5)24(17)31(27)41/h8-10,14-15,20,22-23,28,36,38,40,42,45H,6-7,11-13H2,1-5H3.